The van der Waals surface area contributed by atoms with Crippen LogP contribution in [0.2, 0.25) is 5.02 Å². The lowest BCUT2D eigenvalue weighted by Crippen LogP contribution is -1.97. The summed E-state index contributed by atoms with van der Waals surface area (Å²) in [5.41, 5.74) is 0.945. The zero-order valence-corrected chi connectivity index (χ0v) is 9.17. The highest BCUT2D eigenvalue weighted by Crippen LogP contribution is 2.28. The topological polar surface area (TPSA) is 18.5 Å². The fourth-order valence-electron chi connectivity index (χ4n) is 1.13. The molecule has 0 aliphatic carbocycles. The molecule has 1 unspecified atom stereocenters. The molecule has 1 aromatic carbocycles. The van der Waals surface area contributed by atoms with E-state index < -0.39 is 0 Å². The van der Waals surface area contributed by atoms with E-state index in [4.69, 9.17) is 21.1 Å². The summed E-state index contributed by atoms with van der Waals surface area (Å²) in [6.45, 7) is 6.35. The lowest BCUT2D eigenvalue weighted by atomic mass is 10.1. The quantitative estimate of drug-likeness (QED) is 0.765. The summed E-state index contributed by atoms with van der Waals surface area (Å²) in [7, 11) is 1.61. The summed E-state index contributed by atoms with van der Waals surface area (Å²) in [6.07, 6.45) is -0.192. The molecular formula is C11H14ClO2. The molecule has 0 spiro atoms. The van der Waals surface area contributed by atoms with Crippen molar-refractivity contribution in [3.05, 3.63) is 35.7 Å². The number of ether oxygens (including phenoxy) is 2. The third kappa shape index (κ3) is 2.63. The van der Waals surface area contributed by atoms with Crippen LogP contribution >= 0.6 is 11.6 Å². The van der Waals surface area contributed by atoms with Gasteiger partial charge in [-0.25, -0.2) is 0 Å². The first kappa shape index (κ1) is 11.3. The number of hydrogen-bond donors (Lipinski definition) is 0. The van der Waals surface area contributed by atoms with Crippen molar-refractivity contribution in [1.82, 2.24) is 0 Å². The minimum atomic E-state index is -0.192. The molecule has 0 bridgehead atoms. The third-order valence-corrected chi connectivity index (χ3v) is 2.21. The Morgan fingerprint density at radius 3 is 2.71 bits per heavy atom. The standard InChI is InChI=1S/C11H14ClO2/c1-4-14-11-6-5-9(7-10(11)12)8(2)13-3/h5-8H,2,4H2,1,3H3. The molecule has 1 radical (unpaired) electrons. The monoisotopic (exact) mass is 213 g/mol. The number of hydrogen-bond acceptors (Lipinski definition) is 2. The molecule has 2 nitrogen and oxygen atoms in total. The molecule has 1 rings (SSSR count). The molecule has 3 heteroatoms. The zero-order valence-electron chi connectivity index (χ0n) is 8.42. The molecule has 77 valence electrons. The van der Waals surface area contributed by atoms with Gasteiger partial charge in [0.05, 0.1) is 17.7 Å². The summed E-state index contributed by atoms with van der Waals surface area (Å²) in [4.78, 5) is 0. The second kappa shape index (κ2) is 5.23. The van der Waals surface area contributed by atoms with Crippen molar-refractivity contribution in [3.63, 3.8) is 0 Å². The first-order valence-electron chi connectivity index (χ1n) is 4.47. The lowest BCUT2D eigenvalue weighted by molar-refractivity contribution is 0.140. The fourth-order valence-corrected chi connectivity index (χ4v) is 1.37. The SMILES string of the molecule is [CH2]C(OC)c1ccc(OCC)c(Cl)c1. The smallest absolute Gasteiger partial charge is 0.137 e. The van der Waals surface area contributed by atoms with E-state index in [1.165, 1.54) is 0 Å². The second-order valence-electron chi connectivity index (χ2n) is 2.85. The second-order valence-corrected chi connectivity index (χ2v) is 3.25. The summed E-state index contributed by atoms with van der Waals surface area (Å²) >= 11 is 6.00. The van der Waals surface area contributed by atoms with Crippen molar-refractivity contribution in [1.29, 1.82) is 0 Å². The van der Waals surface area contributed by atoms with Crippen molar-refractivity contribution < 1.29 is 9.47 Å². The minimum Gasteiger partial charge on any atom is -0.492 e. The number of methoxy groups -OCH3 is 1. The van der Waals surface area contributed by atoms with Crippen molar-refractivity contribution in [2.45, 2.75) is 13.0 Å². The summed E-state index contributed by atoms with van der Waals surface area (Å²) in [5.74, 6) is 0.696. The van der Waals surface area contributed by atoms with Gasteiger partial charge in [-0.05, 0) is 31.5 Å². The number of halogens is 1. The van der Waals surface area contributed by atoms with Crippen LogP contribution in [0.25, 0.3) is 0 Å². The maximum atomic E-state index is 6.00. The minimum absolute atomic E-state index is 0.192. The van der Waals surface area contributed by atoms with E-state index in [9.17, 15) is 0 Å². The van der Waals surface area contributed by atoms with Crippen molar-refractivity contribution in [3.8, 4) is 5.75 Å². The molecule has 0 saturated heterocycles. The predicted octanol–water partition coefficient (Wildman–Crippen LogP) is 3.26. The van der Waals surface area contributed by atoms with Gasteiger partial charge >= 0.3 is 0 Å². The van der Waals surface area contributed by atoms with Crippen molar-refractivity contribution in [2.75, 3.05) is 13.7 Å². The molecule has 1 atom stereocenters. The van der Waals surface area contributed by atoms with E-state index in [-0.39, 0.29) is 6.10 Å². The Morgan fingerprint density at radius 1 is 1.50 bits per heavy atom. The van der Waals surface area contributed by atoms with E-state index in [1.54, 1.807) is 7.11 Å². The Bertz CT molecular complexity index is 299. The molecule has 0 aliphatic rings. The van der Waals surface area contributed by atoms with Crippen LogP contribution < -0.4 is 4.74 Å². The molecule has 0 heterocycles. The van der Waals surface area contributed by atoms with Gasteiger partial charge in [0.15, 0.2) is 0 Å². The first-order valence-corrected chi connectivity index (χ1v) is 4.85. The number of benzene rings is 1. The Kier molecular flexibility index (Phi) is 4.23. The zero-order chi connectivity index (χ0) is 10.6. The summed E-state index contributed by atoms with van der Waals surface area (Å²) in [5, 5.41) is 0.593. The molecular weight excluding hydrogens is 200 g/mol. The van der Waals surface area contributed by atoms with Crippen LogP contribution in [0, 0.1) is 6.92 Å². The van der Waals surface area contributed by atoms with Gasteiger partial charge in [-0.2, -0.15) is 0 Å². The molecule has 0 aromatic heterocycles. The summed E-state index contributed by atoms with van der Waals surface area (Å²) in [6, 6.07) is 5.55. The Balaban J connectivity index is 2.88. The van der Waals surface area contributed by atoms with Crippen molar-refractivity contribution >= 4 is 11.6 Å². The highest BCUT2D eigenvalue weighted by Gasteiger charge is 2.07. The van der Waals surface area contributed by atoms with E-state index in [1.807, 2.05) is 25.1 Å². The van der Waals surface area contributed by atoms with Crippen molar-refractivity contribution in [2.24, 2.45) is 0 Å². The van der Waals surface area contributed by atoms with Gasteiger partial charge in [0.25, 0.3) is 0 Å². The van der Waals surface area contributed by atoms with Gasteiger partial charge in [0.2, 0.25) is 0 Å². The average molecular weight is 214 g/mol. The maximum absolute atomic E-state index is 6.00. The highest BCUT2D eigenvalue weighted by molar-refractivity contribution is 6.32. The first-order chi connectivity index (χ1) is 6.69. The van der Waals surface area contributed by atoms with Crippen LogP contribution in [-0.2, 0) is 4.74 Å². The molecule has 0 saturated carbocycles. The maximum Gasteiger partial charge on any atom is 0.137 e. The molecule has 0 N–H and O–H groups in total. The molecule has 0 amide bonds. The van der Waals surface area contributed by atoms with Gasteiger partial charge in [-0.3, -0.25) is 0 Å². The Labute approximate surface area is 89.8 Å². The Hall–Kier alpha value is -0.730. The number of rotatable bonds is 4. The van der Waals surface area contributed by atoms with Gasteiger partial charge in [0.1, 0.15) is 5.75 Å². The normalized spacial score (nSPS) is 12.6. The molecule has 14 heavy (non-hydrogen) atoms. The van der Waals surface area contributed by atoms with Crippen LogP contribution in [-0.4, -0.2) is 13.7 Å². The fraction of sp³-hybridized carbons (Fsp3) is 0.364. The van der Waals surface area contributed by atoms with Crippen LogP contribution in [0.3, 0.4) is 0 Å². The third-order valence-electron chi connectivity index (χ3n) is 1.91. The van der Waals surface area contributed by atoms with E-state index in [2.05, 4.69) is 6.92 Å². The van der Waals surface area contributed by atoms with Gasteiger partial charge < -0.3 is 9.47 Å². The largest absolute Gasteiger partial charge is 0.492 e. The highest BCUT2D eigenvalue weighted by atomic mass is 35.5. The molecule has 0 aliphatic heterocycles. The van der Waals surface area contributed by atoms with E-state index >= 15 is 0 Å². The molecule has 0 fully saturated rings. The van der Waals surface area contributed by atoms with Crippen LogP contribution in [0.1, 0.15) is 18.6 Å². The van der Waals surface area contributed by atoms with E-state index in [0.29, 0.717) is 17.4 Å². The predicted molar refractivity (Wildman–Crippen MR) is 57.7 cm³/mol. The van der Waals surface area contributed by atoms with Gasteiger partial charge in [-0.1, -0.05) is 17.7 Å². The van der Waals surface area contributed by atoms with E-state index in [0.717, 1.165) is 5.56 Å². The summed E-state index contributed by atoms with van der Waals surface area (Å²) < 4.78 is 10.4. The average Bonchev–Trinajstić information content (AvgIpc) is 2.20. The van der Waals surface area contributed by atoms with Crippen LogP contribution in [0.15, 0.2) is 18.2 Å². The Morgan fingerprint density at radius 2 is 2.21 bits per heavy atom. The van der Waals surface area contributed by atoms with Gasteiger partial charge in [0, 0.05) is 7.11 Å². The molecule has 1 aromatic rings. The van der Waals surface area contributed by atoms with Crippen LogP contribution in [0.4, 0.5) is 0 Å². The lowest BCUT2D eigenvalue weighted by Gasteiger charge is -2.12. The van der Waals surface area contributed by atoms with Gasteiger partial charge in [-0.15, -0.1) is 0 Å². The van der Waals surface area contributed by atoms with Crippen LogP contribution in [0.5, 0.6) is 5.75 Å².